The fourth-order valence-electron chi connectivity index (χ4n) is 4.05. The van der Waals surface area contributed by atoms with Crippen molar-refractivity contribution in [1.29, 1.82) is 0 Å². The number of hydrogen-bond acceptors (Lipinski definition) is 11. The Balaban J connectivity index is 2.37. The van der Waals surface area contributed by atoms with E-state index in [1.165, 1.54) is 6.08 Å². The number of aliphatic hydroxyl groups is 3. The number of aliphatic hydroxyl groups excluding tert-OH is 3. The Hall–Kier alpha value is -1.74. The molecule has 0 aliphatic carbocycles. The SMILES string of the molecule is C=CCOC[C@H]1O[C@@H](O[C@H]2[C@H](OCC=C)[C@@H](OCC=C)[C@@H](OCC=C)O[C@@H]2COCC=C)[C@H](O)[C@@H](O)[C@H]1O. The molecule has 0 aromatic carbocycles. The van der Waals surface area contributed by atoms with Gasteiger partial charge in [0, 0.05) is 0 Å². The van der Waals surface area contributed by atoms with E-state index in [1.54, 1.807) is 24.3 Å². The first-order valence-corrected chi connectivity index (χ1v) is 12.5. The predicted octanol–water partition coefficient (Wildman–Crippen LogP) is 0.654. The van der Waals surface area contributed by atoms with Gasteiger partial charge in [0.05, 0.1) is 46.2 Å². The molecule has 0 saturated carbocycles. The molecule has 11 nitrogen and oxygen atoms in total. The highest BCUT2D eigenvalue weighted by atomic mass is 16.8. The highest BCUT2D eigenvalue weighted by Gasteiger charge is 2.52. The molecular formula is C27H42O11. The van der Waals surface area contributed by atoms with Gasteiger partial charge in [-0.25, -0.2) is 0 Å². The van der Waals surface area contributed by atoms with Gasteiger partial charge in [-0.05, 0) is 0 Å². The molecule has 2 rings (SSSR count). The lowest BCUT2D eigenvalue weighted by atomic mass is 9.96. The molecular weight excluding hydrogens is 500 g/mol. The highest BCUT2D eigenvalue weighted by Crippen LogP contribution is 2.33. The second-order valence-electron chi connectivity index (χ2n) is 8.61. The number of rotatable bonds is 19. The minimum atomic E-state index is -1.59. The first-order valence-electron chi connectivity index (χ1n) is 12.5. The van der Waals surface area contributed by atoms with Crippen LogP contribution in [-0.2, 0) is 37.9 Å². The van der Waals surface area contributed by atoms with Crippen molar-refractivity contribution in [3.63, 3.8) is 0 Å². The third kappa shape index (κ3) is 9.18. The fourth-order valence-corrected chi connectivity index (χ4v) is 4.05. The van der Waals surface area contributed by atoms with Gasteiger partial charge in [-0.1, -0.05) is 30.4 Å². The van der Waals surface area contributed by atoms with Crippen molar-refractivity contribution in [3.8, 4) is 0 Å². The summed E-state index contributed by atoms with van der Waals surface area (Å²) in [6.07, 6.45) is -3.27. The van der Waals surface area contributed by atoms with Gasteiger partial charge in [0.25, 0.3) is 0 Å². The van der Waals surface area contributed by atoms with Crippen LogP contribution in [0.25, 0.3) is 0 Å². The summed E-state index contributed by atoms with van der Waals surface area (Å²) < 4.78 is 47.2. The van der Waals surface area contributed by atoms with Gasteiger partial charge in [0.15, 0.2) is 12.6 Å². The van der Waals surface area contributed by atoms with Crippen molar-refractivity contribution < 1.29 is 53.2 Å². The zero-order chi connectivity index (χ0) is 27.9. The minimum Gasteiger partial charge on any atom is -0.387 e. The molecule has 38 heavy (non-hydrogen) atoms. The summed E-state index contributed by atoms with van der Waals surface area (Å²) in [6.45, 7) is 19.2. The van der Waals surface area contributed by atoms with Crippen LogP contribution in [0.3, 0.4) is 0 Å². The topological polar surface area (TPSA) is 135 Å². The van der Waals surface area contributed by atoms with E-state index in [0.717, 1.165) is 0 Å². The van der Waals surface area contributed by atoms with Crippen LogP contribution < -0.4 is 0 Å². The maximum Gasteiger partial charge on any atom is 0.187 e. The molecule has 0 spiro atoms. The molecule has 0 aromatic rings. The monoisotopic (exact) mass is 542 g/mol. The van der Waals surface area contributed by atoms with Crippen molar-refractivity contribution in [2.45, 2.75) is 61.4 Å². The van der Waals surface area contributed by atoms with Crippen molar-refractivity contribution in [1.82, 2.24) is 0 Å². The van der Waals surface area contributed by atoms with Crippen molar-refractivity contribution in [2.75, 3.05) is 46.2 Å². The number of ether oxygens (including phenoxy) is 8. The smallest absolute Gasteiger partial charge is 0.187 e. The van der Waals surface area contributed by atoms with Gasteiger partial charge in [0.2, 0.25) is 0 Å². The summed E-state index contributed by atoms with van der Waals surface area (Å²) in [5.41, 5.74) is 0. The summed E-state index contributed by atoms with van der Waals surface area (Å²) in [7, 11) is 0. The van der Waals surface area contributed by atoms with Crippen LogP contribution in [0.5, 0.6) is 0 Å². The zero-order valence-corrected chi connectivity index (χ0v) is 21.8. The zero-order valence-electron chi connectivity index (χ0n) is 21.8. The Kier molecular flexibility index (Phi) is 15.2. The molecule has 2 aliphatic heterocycles. The van der Waals surface area contributed by atoms with Crippen LogP contribution in [0.1, 0.15) is 0 Å². The third-order valence-corrected chi connectivity index (χ3v) is 5.78. The van der Waals surface area contributed by atoms with Gasteiger partial charge >= 0.3 is 0 Å². The average Bonchev–Trinajstić information content (AvgIpc) is 2.92. The predicted molar refractivity (Wildman–Crippen MR) is 138 cm³/mol. The Labute approximate surface area is 224 Å². The molecule has 10 atom stereocenters. The van der Waals surface area contributed by atoms with Crippen LogP contribution in [0.4, 0.5) is 0 Å². The molecule has 2 aliphatic rings. The molecule has 3 N–H and O–H groups in total. The molecule has 11 heteroatoms. The molecule has 0 amide bonds. The molecule has 0 aromatic heterocycles. The Morgan fingerprint density at radius 3 is 1.61 bits per heavy atom. The summed E-state index contributed by atoms with van der Waals surface area (Å²) in [4.78, 5) is 0. The van der Waals surface area contributed by atoms with Gasteiger partial charge in [-0.2, -0.15) is 0 Å². The molecule has 0 radical (unpaired) electrons. The highest BCUT2D eigenvalue weighted by molar-refractivity contribution is 4.97. The Bertz CT molecular complexity index is 732. The van der Waals surface area contributed by atoms with Crippen LogP contribution in [-0.4, -0.2) is 123 Å². The van der Waals surface area contributed by atoms with Crippen LogP contribution in [0.15, 0.2) is 63.3 Å². The molecule has 216 valence electrons. The maximum absolute atomic E-state index is 10.7. The molecule has 0 bridgehead atoms. The molecule has 2 heterocycles. The minimum absolute atomic E-state index is 0.0482. The van der Waals surface area contributed by atoms with E-state index in [9.17, 15) is 15.3 Å². The largest absolute Gasteiger partial charge is 0.387 e. The van der Waals surface area contributed by atoms with E-state index < -0.39 is 61.4 Å². The van der Waals surface area contributed by atoms with Gasteiger partial charge in [0.1, 0.15) is 48.8 Å². The van der Waals surface area contributed by atoms with Crippen molar-refractivity contribution in [3.05, 3.63) is 63.3 Å². The second-order valence-corrected chi connectivity index (χ2v) is 8.61. The lowest BCUT2D eigenvalue weighted by molar-refractivity contribution is -0.365. The van der Waals surface area contributed by atoms with Gasteiger partial charge in [-0.3, -0.25) is 0 Å². The van der Waals surface area contributed by atoms with Crippen LogP contribution >= 0.6 is 0 Å². The van der Waals surface area contributed by atoms with E-state index in [2.05, 4.69) is 32.9 Å². The Morgan fingerprint density at radius 1 is 0.526 bits per heavy atom. The summed E-state index contributed by atoms with van der Waals surface area (Å²) in [5.74, 6) is 0. The van der Waals surface area contributed by atoms with Gasteiger partial charge < -0.3 is 53.2 Å². The standard InChI is InChI=1S/C27H42O11/c1-6-11-31-16-18-20(28)21(29)22(30)26(36-18)38-23-19(17-32-12-7-2)37-27(35-15-10-5)25(34-14-9-4)24(23)33-13-8-3/h6-10,18-30H,1-5,11-17H2/t18-,19-,20+,21+,22-,23-,24+,25-,26+,27+/m1/s1. The normalized spacial score (nSPS) is 35.3. The third-order valence-electron chi connectivity index (χ3n) is 5.78. The molecule has 0 unspecified atom stereocenters. The first kappa shape index (κ1) is 32.5. The van der Waals surface area contributed by atoms with E-state index in [4.69, 9.17) is 37.9 Å². The van der Waals surface area contributed by atoms with E-state index in [1.807, 2.05) is 0 Å². The maximum atomic E-state index is 10.7. The summed E-state index contributed by atoms with van der Waals surface area (Å²) in [6, 6.07) is 0. The van der Waals surface area contributed by atoms with Crippen LogP contribution in [0, 0.1) is 0 Å². The second kappa shape index (κ2) is 17.8. The first-order chi connectivity index (χ1) is 18.4. The van der Waals surface area contributed by atoms with Crippen molar-refractivity contribution in [2.24, 2.45) is 0 Å². The van der Waals surface area contributed by atoms with E-state index in [-0.39, 0.29) is 46.2 Å². The number of hydrogen-bond donors (Lipinski definition) is 3. The average molecular weight is 543 g/mol. The summed E-state index contributed by atoms with van der Waals surface area (Å²) >= 11 is 0. The molecule has 2 saturated heterocycles. The molecule has 2 fully saturated rings. The summed E-state index contributed by atoms with van der Waals surface area (Å²) in [5, 5.41) is 31.7. The Morgan fingerprint density at radius 2 is 1.03 bits per heavy atom. The lowest BCUT2D eigenvalue weighted by Gasteiger charge is -2.48. The fraction of sp³-hybridized carbons (Fsp3) is 0.630. The lowest BCUT2D eigenvalue weighted by Crippen LogP contribution is -2.65. The van der Waals surface area contributed by atoms with Crippen LogP contribution in [0.2, 0.25) is 0 Å². The van der Waals surface area contributed by atoms with Crippen molar-refractivity contribution >= 4 is 0 Å². The van der Waals surface area contributed by atoms with E-state index in [0.29, 0.717) is 0 Å². The van der Waals surface area contributed by atoms with E-state index >= 15 is 0 Å². The van der Waals surface area contributed by atoms with Gasteiger partial charge in [-0.15, -0.1) is 32.9 Å². The quantitative estimate of drug-likeness (QED) is 0.157.